The van der Waals surface area contributed by atoms with Gasteiger partial charge in [-0.15, -0.1) is 0 Å². The molecule has 96 valence electrons. The fourth-order valence-corrected chi connectivity index (χ4v) is 2.16. The van der Waals surface area contributed by atoms with Crippen LogP contribution in [0.5, 0.6) is 0 Å². The minimum absolute atomic E-state index is 0.162. The zero-order chi connectivity index (χ0) is 13.1. The molecule has 0 spiro atoms. The summed E-state index contributed by atoms with van der Waals surface area (Å²) in [5.74, 6) is 0.609. The number of nitrogens with zero attached hydrogens (tertiary/aromatic N) is 2. The van der Waals surface area contributed by atoms with Crippen molar-refractivity contribution in [1.82, 2.24) is 4.98 Å². The first-order chi connectivity index (χ1) is 9.31. The van der Waals surface area contributed by atoms with Gasteiger partial charge >= 0.3 is 0 Å². The van der Waals surface area contributed by atoms with Gasteiger partial charge in [-0.1, -0.05) is 41.9 Å². The predicted octanol–water partition coefficient (Wildman–Crippen LogP) is 3.12. The standard InChI is InChI=1S/C15H13ClN2O/c16-12-6-7-14(17-9-12)15-18-13(10-19-15)8-11-4-2-1-3-5-11/h1-7,9,13H,8,10H2/t13-/m1/s1. The molecule has 3 nitrogen and oxygen atoms in total. The smallest absolute Gasteiger partial charge is 0.235 e. The summed E-state index contributed by atoms with van der Waals surface area (Å²) in [6.07, 6.45) is 2.49. The highest BCUT2D eigenvalue weighted by Crippen LogP contribution is 2.16. The largest absolute Gasteiger partial charge is 0.474 e. The Balaban J connectivity index is 1.72. The summed E-state index contributed by atoms with van der Waals surface area (Å²) in [5, 5.41) is 0.614. The van der Waals surface area contributed by atoms with Gasteiger partial charge in [-0.25, -0.2) is 9.98 Å². The van der Waals surface area contributed by atoms with Crippen LogP contribution < -0.4 is 0 Å². The first kappa shape index (κ1) is 12.2. The van der Waals surface area contributed by atoms with Crippen molar-refractivity contribution in [2.45, 2.75) is 12.5 Å². The quantitative estimate of drug-likeness (QED) is 0.860. The lowest BCUT2D eigenvalue weighted by Crippen LogP contribution is -2.09. The number of benzene rings is 1. The summed E-state index contributed by atoms with van der Waals surface area (Å²) in [5.41, 5.74) is 2.00. The lowest BCUT2D eigenvalue weighted by molar-refractivity contribution is 0.316. The minimum Gasteiger partial charge on any atom is -0.474 e. The van der Waals surface area contributed by atoms with Crippen molar-refractivity contribution >= 4 is 17.5 Å². The lowest BCUT2D eigenvalue weighted by Gasteiger charge is -2.03. The van der Waals surface area contributed by atoms with E-state index in [-0.39, 0.29) is 6.04 Å². The van der Waals surface area contributed by atoms with Crippen molar-refractivity contribution < 1.29 is 4.74 Å². The maximum atomic E-state index is 5.81. The molecule has 0 unspecified atom stereocenters. The number of pyridine rings is 1. The van der Waals surface area contributed by atoms with Gasteiger partial charge in [0.15, 0.2) is 0 Å². The van der Waals surface area contributed by atoms with E-state index in [0.29, 0.717) is 17.5 Å². The normalized spacial score (nSPS) is 17.9. The van der Waals surface area contributed by atoms with Gasteiger partial charge < -0.3 is 4.74 Å². The van der Waals surface area contributed by atoms with E-state index in [4.69, 9.17) is 16.3 Å². The number of rotatable bonds is 3. The minimum atomic E-state index is 0.162. The molecule has 1 aliphatic rings. The fourth-order valence-electron chi connectivity index (χ4n) is 2.05. The topological polar surface area (TPSA) is 34.5 Å². The van der Waals surface area contributed by atoms with Crippen LogP contribution in [0.4, 0.5) is 0 Å². The van der Waals surface area contributed by atoms with Crippen LogP contribution in [-0.4, -0.2) is 23.5 Å². The maximum Gasteiger partial charge on any atom is 0.235 e. The molecule has 19 heavy (non-hydrogen) atoms. The van der Waals surface area contributed by atoms with Gasteiger partial charge in [-0.05, 0) is 24.1 Å². The molecule has 0 amide bonds. The van der Waals surface area contributed by atoms with Crippen LogP contribution in [0.3, 0.4) is 0 Å². The maximum absolute atomic E-state index is 5.81. The Hall–Kier alpha value is -1.87. The molecule has 2 heterocycles. The van der Waals surface area contributed by atoms with Crippen molar-refractivity contribution in [1.29, 1.82) is 0 Å². The van der Waals surface area contributed by atoms with E-state index in [9.17, 15) is 0 Å². The van der Waals surface area contributed by atoms with Crippen LogP contribution in [0.1, 0.15) is 11.3 Å². The van der Waals surface area contributed by atoms with E-state index in [2.05, 4.69) is 22.1 Å². The number of halogens is 1. The highest BCUT2D eigenvalue weighted by molar-refractivity contribution is 6.30. The van der Waals surface area contributed by atoms with Crippen molar-refractivity contribution in [2.24, 2.45) is 4.99 Å². The zero-order valence-electron chi connectivity index (χ0n) is 10.3. The number of hydrogen-bond donors (Lipinski definition) is 0. The predicted molar refractivity (Wildman–Crippen MR) is 75.7 cm³/mol. The van der Waals surface area contributed by atoms with E-state index in [0.717, 1.165) is 12.1 Å². The lowest BCUT2D eigenvalue weighted by atomic mass is 10.1. The molecule has 0 saturated heterocycles. The average Bonchev–Trinajstić information content (AvgIpc) is 2.89. The molecular formula is C15H13ClN2O. The number of hydrogen-bond acceptors (Lipinski definition) is 3. The molecule has 4 heteroatoms. The van der Waals surface area contributed by atoms with E-state index >= 15 is 0 Å². The van der Waals surface area contributed by atoms with E-state index < -0.39 is 0 Å². The molecule has 1 aromatic heterocycles. The Morgan fingerprint density at radius 1 is 1.16 bits per heavy atom. The highest BCUT2D eigenvalue weighted by Gasteiger charge is 2.21. The Bertz CT molecular complexity index is 581. The molecule has 0 radical (unpaired) electrons. The summed E-state index contributed by atoms with van der Waals surface area (Å²) in [7, 11) is 0. The third-order valence-electron chi connectivity index (χ3n) is 2.97. The summed E-state index contributed by atoms with van der Waals surface area (Å²) in [4.78, 5) is 8.79. The van der Waals surface area contributed by atoms with Gasteiger partial charge in [0.25, 0.3) is 0 Å². The second kappa shape index (κ2) is 5.41. The van der Waals surface area contributed by atoms with E-state index in [1.54, 1.807) is 12.3 Å². The van der Waals surface area contributed by atoms with Crippen LogP contribution in [-0.2, 0) is 11.2 Å². The molecule has 1 aromatic carbocycles. The van der Waals surface area contributed by atoms with Gasteiger partial charge in [-0.2, -0.15) is 0 Å². The average molecular weight is 273 g/mol. The van der Waals surface area contributed by atoms with E-state index in [1.807, 2.05) is 24.3 Å². The molecule has 1 atom stereocenters. The molecule has 0 bridgehead atoms. The van der Waals surface area contributed by atoms with Crippen LogP contribution in [0.15, 0.2) is 53.7 Å². The molecule has 0 saturated carbocycles. The Morgan fingerprint density at radius 2 is 2.00 bits per heavy atom. The van der Waals surface area contributed by atoms with Crippen LogP contribution in [0.25, 0.3) is 0 Å². The SMILES string of the molecule is Clc1ccc(C2=N[C@H](Cc3ccccc3)CO2)nc1. The van der Waals surface area contributed by atoms with Crippen molar-refractivity contribution in [3.05, 3.63) is 64.9 Å². The van der Waals surface area contributed by atoms with Gasteiger partial charge in [0, 0.05) is 6.20 Å². The highest BCUT2D eigenvalue weighted by atomic mass is 35.5. The van der Waals surface area contributed by atoms with Crippen molar-refractivity contribution in [3.63, 3.8) is 0 Å². The fraction of sp³-hybridized carbons (Fsp3) is 0.200. The number of aromatic nitrogens is 1. The second-order valence-corrected chi connectivity index (χ2v) is 4.89. The van der Waals surface area contributed by atoms with Gasteiger partial charge in [-0.3, -0.25) is 0 Å². The van der Waals surface area contributed by atoms with Gasteiger partial charge in [0.2, 0.25) is 5.90 Å². The second-order valence-electron chi connectivity index (χ2n) is 4.45. The Kier molecular flexibility index (Phi) is 3.47. The molecule has 0 aliphatic carbocycles. The number of ether oxygens (including phenoxy) is 1. The van der Waals surface area contributed by atoms with Crippen molar-refractivity contribution in [3.8, 4) is 0 Å². The molecule has 3 rings (SSSR count). The third kappa shape index (κ3) is 2.93. The van der Waals surface area contributed by atoms with Crippen molar-refractivity contribution in [2.75, 3.05) is 6.61 Å². The Morgan fingerprint density at radius 3 is 2.74 bits per heavy atom. The zero-order valence-corrected chi connectivity index (χ0v) is 11.0. The summed E-state index contributed by atoms with van der Waals surface area (Å²) >= 11 is 5.81. The first-order valence-electron chi connectivity index (χ1n) is 6.18. The third-order valence-corrected chi connectivity index (χ3v) is 3.20. The monoisotopic (exact) mass is 272 g/mol. The van der Waals surface area contributed by atoms with E-state index in [1.165, 1.54) is 5.56 Å². The molecular weight excluding hydrogens is 260 g/mol. The van der Waals surface area contributed by atoms with Crippen LogP contribution in [0.2, 0.25) is 5.02 Å². The van der Waals surface area contributed by atoms with Crippen LogP contribution >= 0.6 is 11.6 Å². The molecule has 0 N–H and O–H groups in total. The molecule has 2 aromatic rings. The van der Waals surface area contributed by atoms with Crippen LogP contribution in [0, 0.1) is 0 Å². The van der Waals surface area contributed by atoms with Gasteiger partial charge in [0.1, 0.15) is 12.3 Å². The number of aliphatic imine (C=N–C) groups is 1. The Labute approximate surface area is 116 Å². The van der Waals surface area contributed by atoms with Gasteiger partial charge in [0.05, 0.1) is 11.1 Å². The summed E-state index contributed by atoms with van der Waals surface area (Å²) in [6.45, 7) is 0.606. The summed E-state index contributed by atoms with van der Waals surface area (Å²) < 4.78 is 5.61. The summed E-state index contributed by atoms with van der Waals surface area (Å²) in [6, 6.07) is 14.1. The first-order valence-corrected chi connectivity index (χ1v) is 6.55. The molecule has 1 aliphatic heterocycles. The molecule has 0 fully saturated rings.